The van der Waals surface area contributed by atoms with Crippen molar-refractivity contribution in [3.05, 3.63) is 95.8 Å². The Labute approximate surface area is 207 Å². The van der Waals surface area contributed by atoms with Gasteiger partial charge in [0.25, 0.3) is 0 Å². The fraction of sp³-hybridized carbons (Fsp3) is 0.367. The first kappa shape index (κ1) is 25.1. The van der Waals surface area contributed by atoms with E-state index in [1.165, 1.54) is 30.5 Å². The van der Waals surface area contributed by atoms with Crippen LogP contribution in [0.1, 0.15) is 41.6 Å². The second kappa shape index (κ2) is 13.2. The van der Waals surface area contributed by atoms with E-state index in [2.05, 4.69) is 16.7 Å². The number of ketones is 1. The third-order valence-electron chi connectivity index (χ3n) is 6.75. The maximum atomic E-state index is 13.0. The van der Waals surface area contributed by atoms with Gasteiger partial charge < -0.3 is 15.4 Å². The lowest BCUT2D eigenvalue weighted by atomic mass is 9.90. The predicted molar refractivity (Wildman–Crippen MR) is 139 cm³/mol. The van der Waals surface area contributed by atoms with E-state index in [-0.39, 0.29) is 11.7 Å². The largest absolute Gasteiger partial charge is 0.457 e. The van der Waals surface area contributed by atoms with Gasteiger partial charge in [0.05, 0.1) is 0 Å². The van der Waals surface area contributed by atoms with E-state index < -0.39 is 0 Å². The molecule has 0 amide bonds. The second-order valence-electron chi connectivity index (χ2n) is 9.32. The normalized spacial score (nSPS) is 16.7. The first-order chi connectivity index (χ1) is 17.2. The third kappa shape index (κ3) is 7.74. The van der Waals surface area contributed by atoms with Crippen molar-refractivity contribution in [2.24, 2.45) is 11.8 Å². The van der Waals surface area contributed by atoms with Crippen molar-refractivity contribution in [1.29, 1.82) is 0 Å². The van der Waals surface area contributed by atoms with Crippen LogP contribution in [0.5, 0.6) is 11.5 Å². The zero-order chi connectivity index (χ0) is 24.3. The molecule has 184 valence electrons. The SMILES string of the molecule is Fc1ccc(Oc2ccccc2CC2CCNCC2)cc1.O=C(c1ccccc1)C1CCNCC1. The second-order valence-corrected chi connectivity index (χ2v) is 9.32. The maximum Gasteiger partial charge on any atom is 0.166 e. The van der Waals surface area contributed by atoms with Crippen molar-refractivity contribution in [2.45, 2.75) is 32.1 Å². The number of carbonyl (C=O) groups is 1. The highest BCUT2D eigenvalue weighted by molar-refractivity contribution is 5.97. The van der Waals surface area contributed by atoms with Gasteiger partial charge in [-0.05, 0) is 100 Å². The molecule has 2 saturated heterocycles. The molecular formula is C30H35FN2O2. The van der Waals surface area contributed by atoms with E-state index in [0.29, 0.717) is 17.5 Å². The molecular weight excluding hydrogens is 439 g/mol. The van der Waals surface area contributed by atoms with E-state index in [1.54, 1.807) is 12.1 Å². The highest BCUT2D eigenvalue weighted by atomic mass is 19.1. The van der Waals surface area contributed by atoms with E-state index in [4.69, 9.17) is 4.74 Å². The van der Waals surface area contributed by atoms with Crippen molar-refractivity contribution in [3.63, 3.8) is 0 Å². The van der Waals surface area contributed by atoms with Gasteiger partial charge in [-0.1, -0.05) is 48.5 Å². The molecule has 2 fully saturated rings. The number of rotatable bonds is 6. The van der Waals surface area contributed by atoms with Crippen molar-refractivity contribution < 1.29 is 13.9 Å². The number of nitrogens with one attached hydrogen (secondary N) is 2. The van der Waals surface area contributed by atoms with Gasteiger partial charge in [0.2, 0.25) is 0 Å². The maximum absolute atomic E-state index is 13.0. The average molecular weight is 475 g/mol. The molecule has 0 aromatic heterocycles. The molecule has 0 aliphatic carbocycles. The molecule has 3 aromatic rings. The molecule has 0 radical (unpaired) electrons. The Bertz CT molecular complexity index is 1040. The van der Waals surface area contributed by atoms with E-state index in [0.717, 1.165) is 56.8 Å². The average Bonchev–Trinajstić information content (AvgIpc) is 2.93. The van der Waals surface area contributed by atoms with Crippen molar-refractivity contribution in [1.82, 2.24) is 10.6 Å². The minimum absolute atomic E-state index is 0.235. The summed E-state index contributed by atoms with van der Waals surface area (Å²) in [6.07, 6.45) is 5.43. The summed E-state index contributed by atoms with van der Waals surface area (Å²) < 4.78 is 18.9. The molecule has 0 spiro atoms. The smallest absolute Gasteiger partial charge is 0.166 e. The van der Waals surface area contributed by atoms with Crippen molar-refractivity contribution in [3.8, 4) is 11.5 Å². The minimum Gasteiger partial charge on any atom is -0.457 e. The number of ether oxygens (including phenoxy) is 1. The lowest BCUT2D eigenvalue weighted by Gasteiger charge is -2.23. The fourth-order valence-electron chi connectivity index (χ4n) is 4.72. The molecule has 0 atom stereocenters. The molecule has 0 bridgehead atoms. The Morgan fingerprint density at radius 2 is 1.37 bits per heavy atom. The van der Waals surface area contributed by atoms with Crippen LogP contribution in [0.15, 0.2) is 78.9 Å². The number of Topliss-reactive ketones (excluding diaryl/α,β-unsaturated/α-hetero) is 1. The number of hydrogen-bond acceptors (Lipinski definition) is 4. The van der Waals surface area contributed by atoms with E-state index >= 15 is 0 Å². The Morgan fingerprint density at radius 3 is 2.06 bits per heavy atom. The van der Waals surface area contributed by atoms with Gasteiger partial charge in [-0.25, -0.2) is 4.39 Å². The first-order valence-corrected chi connectivity index (χ1v) is 12.7. The third-order valence-corrected chi connectivity index (χ3v) is 6.75. The summed E-state index contributed by atoms with van der Waals surface area (Å²) in [6.45, 7) is 4.16. The van der Waals surface area contributed by atoms with Gasteiger partial charge >= 0.3 is 0 Å². The molecule has 0 unspecified atom stereocenters. The molecule has 5 rings (SSSR count). The molecule has 2 N–H and O–H groups in total. The quantitative estimate of drug-likeness (QED) is 0.429. The van der Waals surface area contributed by atoms with Crippen LogP contribution in [0.4, 0.5) is 4.39 Å². The molecule has 2 aliphatic rings. The van der Waals surface area contributed by atoms with Gasteiger partial charge in [-0.15, -0.1) is 0 Å². The van der Waals surface area contributed by atoms with Crippen LogP contribution in [0.3, 0.4) is 0 Å². The topological polar surface area (TPSA) is 50.4 Å². The van der Waals surface area contributed by atoms with Gasteiger partial charge in [-0.2, -0.15) is 0 Å². The number of carbonyl (C=O) groups excluding carboxylic acids is 1. The van der Waals surface area contributed by atoms with Gasteiger partial charge in [-0.3, -0.25) is 4.79 Å². The van der Waals surface area contributed by atoms with Crippen molar-refractivity contribution >= 4 is 5.78 Å². The van der Waals surface area contributed by atoms with Crippen LogP contribution in [-0.4, -0.2) is 32.0 Å². The number of hydrogen-bond donors (Lipinski definition) is 2. The lowest BCUT2D eigenvalue weighted by Crippen LogP contribution is -2.31. The van der Waals surface area contributed by atoms with Gasteiger partial charge in [0.1, 0.15) is 17.3 Å². The van der Waals surface area contributed by atoms with E-state index in [1.807, 2.05) is 48.5 Å². The Morgan fingerprint density at radius 1 is 0.771 bits per heavy atom. The summed E-state index contributed by atoms with van der Waals surface area (Å²) in [4.78, 5) is 12.0. The summed E-state index contributed by atoms with van der Waals surface area (Å²) in [5.74, 6) is 2.57. The molecule has 35 heavy (non-hydrogen) atoms. The van der Waals surface area contributed by atoms with Crippen molar-refractivity contribution in [2.75, 3.05) is 26.2 Å². The summed E-state index contributed by atoms with van der Waals surface area (Å²) in [5, 5.41) is 6.66. The Balaban J connectivity index is 0.000000179. The van der Waals surface area contributed by atoms with Crippen LogP contribution in [-0.2, 0) is 6.42 Å². The van der Waals surface area contributed by atoms with Crippen LogP contribution in [0.25, 0.3) is 0 Å². The summed E-state index contributed by atoms with van der Waals surface area (Å²) in [5.41, 5.74) is 2.09. The summed E-state index contributed by atoms with van der Waals surface area (Å²) in [6, 6.07) is 23.9. The molecule has 4 nitrogen and oxygen atoms in total. The fourth-order valence-corrected chi connectivity index (χ4v) is 4.72. The highest BCUT2D eigenvalue weighted by Gasteiger charge is 2.21. The number of halogens is 1. The summed E-state index contributed by atoms with van der Waals surface area (Å²) >= 11 is 0. The molecule has 2 heterocycles. The molecule has 5 heteroatoms. The lowest BCUT2D eigenvalue weighted by molar-refractivity contribution is 0.0895. The molecule has 3 aromatic carbocycles. The number of benzene rings is 3. The monoisotopic (exact) mass is 474 g/mol. The number of piperidine rings is 2. The highest BCUT2D eigenvalue weighted by Crippen LogP contribution is 2.29. The first-order valence-electron chi connectivity index (χ1n) is 12.7. The predicted octanol–water partition coefficient (Wildman–Crippen LogP) is 6.03. The van der Waals surface area contributed by atoms with Crippen LogP contribution < -0.4 is 15.4 Å². The van der Waals surface area contributed by atoms with E-state index in [9.17, 15) is 9.18 Å². The van der Waals surface area contributed by atoms with Gasteiger partial charge in [0, 0.05) is 11.5 Å². The van der Waals surface area contributed by atoms with Gasteiger partial charge in [0.15, 0.2) is 5.78 Å². The zero-order valence-corrected chi connectivity index (χ0v) is 20.2. The van der Waals surface area contributed by atoms with Crippen LogP contribution >= 0.6 is 0 Å². The Hall–Kier alpha value is -3.02. The molecule has 0 saturated carbocycles. The summed E-state index contributed by atoms with van der Waals surface area (Å²) in [7, 11) is 0. The van der Waals surface area contributed by atoms with Crippen LogP contribution in [0, 0.1) is 17.7 Å². The standard InChI is InChI=1S/C18H20FNO.C12H15NO/c19-16-5-7-17(8-6-16)21-18-4-2-1-3-15(18)13-14-9-11-20-12-10-14;14-12(10-4-2-1-3-5-10)11-6-8-13-9-7-11/h1-8,14,20H,9-13H2;1-5,11,13H,6-9H2. The molecule has 2 aliphatic heterocycles. The Kier molecular flexibility index (Phi) is 9.44. The van der Waals surface area contributed by atoms with Crippen LogP contribution in [0.2, 0.25) is 0 Å². The zero-order valence-electron chi connectivity index (χ0n) is 20.2. The number of para-hydroxylation sites is 1. The minimum atomic E-state index is -0.245.